The van der Waals surface area contributed by atoms with Gasteiger partial charge in [-0.05, 0) is 18.8 Å². The van der Waals surface area contributed by atoms with Crippen LogP contribution in [0.1, 0.15) is 46.6 Å². The van der Waals surface area contributed by atoms with Gasteiger partial charge in [0.15, 0.2) is 5.76 Å². The van der Waals surface area contributed by atoms with Gasteiger partial charge in [-0.1, -0.05) is 12.8 Å². The molecular weight excluding hydrogens is 234 g/mol. The minimum Gasteiger partial charge on any atom is -0.478 e. The first-order chi connectivity index (χ1) is 8.58. The summed E-state index contributed by atoms with van der Waals surface area (Å²) >= 11 is 0. The molecule has 0 aromatic carbocycles. The fourth-order valence-corrected chi connectivity index (χ4v) is 2.41. The van der Waals surface area contributed by atoms with Crippen molar-refractivity contribution in [3.8, 4) is 0 Å². The molecule has 0 bridgehead atoms. The van der Waals surface area contributed by atoms with E-state index in [2.05, 4.69) is 0 Å². The normalized spacial score (nSPS) is 15.8. The molecule has 5 nitrogen and oxygen atoms in total. The minimum absolute atomic E-state index is 0.00705. The standard InChI is InChI=1S/C13H17NO4/c1-14(7-9-4-2-3-5-9)12(15)11-6-10(8-18-11)13(16)17/h6,8-9H,2-5,7H2,1H3,(H,16,17). The van der Waals surface area contributed by atoms with Crippen molar-refractivity contribution in [1.82, 2.24) is 4.90 Å². The number of hydrogen-bond donors (Lipinski definition) is 1. The molecule has 1 aromatic rings. The van der Waals surface area contributed by atoms with Gasteiger partial charge in [-0.2, -0.15) is 0 Å². The Morgan fingerprint density at radius 2 is 2.11 bits per heavy atom. The van der Waals surface area contributed by atoms with E-state index >= 15 is 0 Å². The maximum absolute atomic E-state index is 12.0. The Bertz CT molecular complexity index is 446. The Morgan fingerprint density at radius 3 is 2.67 bits per heavy atom. The average molecular weight is 251 g/mol. The smallest absolute Gasteiger partial charge is 0.338 e. The molecule has 0 unspecified atom stereocenters. The van der Waals surface area contributed by atoms with Crippen LogP contribution in [-0.4, -0.2) is 35.5 Å². The Morgan fingerprint density at radius 1 is 1.44 bits per heavy atom. The van der Waals surface area contributed by atoms with Crippen molar-refractivity contribution in [3.05, 3.63) is 23.7 Å². The summed E-state index contributed by atoms with van der Waals surface area (Å²) in [5, 5.41) is 8.76. The van der Waals surface area contributed by atoms with E-state index in [1.165, 1.54) is 18.9 Å². The van der Waals surface area contributed by atoms with Crippen LogP contribution in [0.5, 0.6) is 0 Å². The first-order valence-electron chi connectivity index (χ1n) is 6.15. The summed E-state index contributed by atoms with van der Waals surface area (Å²) in [5.74, 6) is -0.689. The van der Waals surface area contributed by atoms with Crippen LogP contribution in [0.15, 0.2) is 16.7 Å². The minimum atomic E-state index is -1.09. The molecule has 98 valence electrons. The Labute approximate surface area is 105 Å². The van der Waals surface area contributed by atoms with Crippen molar-refractivity contribution in [2.75, 3.05) is 13.6 Å². The van der Waals surface area contributed by atoms with Gasteiger partial charge in [0.1, 0.15) is 6.26 Å². The molecule has 0 radical (unpaired) electrons. The van der Waals surface area contributed by atoms with E-state index in [9.17, 15) is 9.59 Å². The van der Waals surface area contributed by atoms with E-state index in [-0.39, 0.29) is 17.2 Å². The molecule has 0 aliphatic heterocycles. The summed E-state index contributed by atoms with van der Waals surface area (Å²) in [7, 11) is 1.73. The van der Waals surface area contributed by atoms with Gasteiger partial charge in [0.05, 0.1) is 5.56 Å². The lowest BCUT2D eigenvalue weighted by molar-refractivity contribution is 0.0694. The molecule has 1 heterocycles. The van der Waals surface area contributed by atoms with Gasteiger partial charge in [0.25, 0.3) is 5.91 Å². The highest BCUT2D eigenvalue weighted by molar-refractivity contribution is 5.95. The molecule has 1 N–H and O–H groups in total. The number of carbonyl (C=O) groups excluding carboxylic acids is 1. The maximum atomic E-state index is 12.0. The van der Waals surface area contributed by atoms with Crippen LogP contribution < -0.4 is 0 Å². The fourth-order valence-electron chi connectivity index (χ4n) is 2.41. The van der Waals surface area contributed by atoms with Gasteiger partial charge in [0, 0.05) is 19.7 Å². The van der Waals surface area contributed by atoms with Gasteiger partial charge in [-0.3, -0.25) is 4.79 Å². The molecule has 1 aliphatic rings. The highest BCUT2D eigenvalue weighted by Gasteiger charge is 2.22. The van der Waals surface area contributed by atoms with Gasteiger partial charge in [-0.15, -0.1) is 0 Å². The van der Waals surface area contributed by atoms with E-state index in [1.54, 1.807) is 11.9 Å². The Kier molecular flexibility index (Phi) is 3.69. The third-order valence-electron chi connectivity index (χ3n) is 3.41. The van der Waals surface area contributed by atoms with Gasteiger partial charge in [-0.25, -0.2) is 4.79 Å². The molecule has 1 amide bonds. The number of aromatic carboxylic acids is 1. The second-order valence-corrected chi connectivity index (χ2v) is 4.84. The number of carbonyl (C=O) groups is 2. The number of carboxylic acids is 1. The van der Waals surface area contributed by atoms with Crippen LogP contribution in [0, 0.1) is 5.92 Å². The summed E-state index contributed by atoms with van der Waals surface area (Å²) in [6, 6.07) is 1.27. The summed E-state index contributed by atoms with van der Waals surface area (Å²) in [6.45, 7) is 0.710. The lowest BCUT2D eigenvalue weighted by Gasteiger charge is -2.19. The molecule has 0 spiro atoms. The van der Waals surface area contributed by atoms with E-state index in [0.29, 0.717) is 12.5 Å². The third kappa shape index (κ3) is 2.72. The van der Waals surface area contributed by atoms with Gasteiger partial charge < -0.3 is 14.4 Å². The number of hydrogen-bond acceptors (Lipinski definition) is 3. The van der Waals surface area contributed by atoms with E-state index < -0.39 is 5.97 Å². The van der Waals surface area contributed by atoms with Crippen LogP contribution in [0.2, 0.25) is 0 Å². The second kappa shape index (κ2) is 5.25. The molecule has 1 saturated carbocycles. The molecular formula is C13H17NO4. The van der Waals surface area contributed by atoms with Crippen molar-refractivity contribution in [2.24, 2.45) is 5.92 Å². The predicted molar refractivity (Wildman–Crippen MR) is 64.6 cm³/mol. The number of furan rings is 1. The van der Waals surface area contributed by atoms with Crippen molar-refractivity contribution < 1.29 is 19.1 Å². The molecule has 2 rings (SSSR count). The fraction of sp³-hybridized carbons (Fsp3) is 0.538. The highest BCUT2D eigenvalue weighted by Crippen LogP contribution is 2.25. The molecule has 18 heavy (non-hydrogen) atoms. The van der Waals surface area contributed by atoms with Crippen LogP contribution in [0.3, 0.4) is 0 Å². The zero-order valence-electron chi connectivity index (χ0n) is 10.4. The molecule has 1 fully saturated rings. The summed E-state index contributed by atoms with van der Waals surface area (Å²) < 4.78 is 5.00. The zero-order chi connectivity index (χ0) is 13.1. The average Bonchev–Trinajstić information content (AvgIpc) is 2.98. The first kappa shape index (κ1) is 12.7. The summed E-state index contributed by atoms with van der Waals surface area (Å²) in [4.78, 5) is 24.3. The van der Waals surface area contributed by atoms with Crippen molar-refractivity contribution in [1.29, 1.82) is 0 Å². The summed E-state index contributed by atoms with van der Waals surface area (Å²) in [5.41, 5.74) is 0.00705. The van der Waals surface area contributed by atoms with Crippen molar-refractivity contribution in [3.63, 3.8) is 0 Å². The first-order valence-corrected chi connectivity index (χ1v) is 6.15. The quantitative estimate of drug-likeness (QED) is 0.890. The van der Waals surface area contributed by atoms with Crippen LogP contribution in [0.4, 0.5) is 0 Å². The Balaban J connectivity index is 1.98. The topological polar surface area (TPSA) is 70.8 Å². The van der Waals surface area contributed by atoms with Gasteiger partial charge >= 0.3 is 5.97 Å². The van der Waals surface area contributed by atoms with Crippen LogP contribution >= 0.6 is 0 Å². The maximum Gasteiger partial charge on any atom is 0.338 e. The van der Waals surface area contributed by atoms with Crippen molar-refractivity contribution >= 4 is 11.9 Å². The van der Waals surface area contributed by atoms with Crippen LogP contribution in [0.25, 0.3) is 0 Å². The second-order valence-electron chi connectivity index (χ2n) is 4.84. The number of carboxylic acid groups (broad SMARTS) is 1. The summed E-state index contributed by atoms with van der Waals surface area (Å²) in [6.07, 6.45) is 5.89. The SMILES string of the molecule is CN(CC1CCCC1)C(=O)c1cc(C(=O)O)co1. The Hall–Kier alpha value is -1.78. The predicted octanol–water partition coefficient (Wildman–Crippen LogP) is 2.24. The molecule has 0 atom stereocenters. The largest absolute Gasteiger partial charge is 0.478 e. The van der Waals surface area contributed by atoms with E-state index in [0.717, 1.165) is 19.1 Å². The van der Waals surface area contributed by atoms with Gasteiger partial charge in [0.2, 0.25) is 0 Å². The van der Waals surface area contributed by atoms with E-state index in [1.807, 2.05) is 0 Å². The highest BCUT2D eigenvalue weighted by atomic mass is 16.4. The lowest BCUT2D eigenvalue weighted by atomic mass is 10.1. The lowest BCUT2D eigenvalue weighted by Crippen LogP contribution is -2.30. The number of nitrogens with zero attached hydrogens (tertiary/aromatic N) is 1. The number of amides is 1. The monoisotopic (exact) mass is 251 g/mol. The van der Waals surface area contributed by atoms with Crippen molar-refractivity contribution in [2.45, 2.75) is 25.7 Å². The third-order valence-corrected chi connectivity index (χ3v) is 3.41. The zero-order valence-corrected chi connectivity index (χ0v) is 10.4. The molecule has 1 aliphatic carbocycles. The van der Waals surface area contributed by atoms with E-state index in [4.69, 9.17) is 9.52 Å². The molecule has 5 heteroatoms. The number of rotatable bonds is 4. The molecule has 0 saturated heterocycles. The van der Waals surface area contributed by atoms with Crippen LogP contribution in [-0.2, 0) is 0 Å². The molecule has 1 aromatic heterocycles.